The molecule has 0 atom stereocenters. The van der Waals surface area contributed by atoms with Crippen molar-refractivity contribution in [3.8, 4) is 11.3 Å². The average Bonchev–Trinajstić information content (AvgIpc) is 3.27. The lowest BCUT2D eigenvalue weighted by atomic mass is 9.98. The zero-order valence-electron chi connectivity index (χ0n) is 18.9. The summed E-state index contributed by atoms with van der Waals surface area (Å²) in [5.74, 6) is 0.00714. The van der Waals surface area contributed by atoms with Gasteiger partial charge in [-0.1, -0.05) is 19.1 Å². The standard InChI is InChI=1S/C24H25N5O4S/c1-15-9-11-28(12-10-15)21-8-5-18(13-22(21)29(32)33)23(31)27-24-26-20(14-34-24)17-3-6-19(7-4-17)25-16(2)30/h3-8,13-15H,9-12H2,1-2H3,(H,25,30)(H,26,27,31). The number of carbonyl (C=O) groups excluding carboxylic acids is 2. The highest BCUT2D eigenvalue weighted by atomic mass is 32.1. The summed E-state index contributed by atoms with van der Waals surface area (Å²) >= 11 is 1.26. The first-order valence-corrected chi connectivity index (χ1v) is 11.9. The van der Waals surface area contributed by atoms with Gasteiger partial charge in [0.05, 0.1) is 10.6 Å². The molecule has 2 amide bonds. The minimum atomic E-state index is -0.455. The molecule has 0 bridgehead atoms. The number of carbonyl (C=O) groups is 2. The predicted molar refractivity (Wildman–Crippen MR) is 134 cm³/mol. The van der Waals surface area contributed by atoms with Crippen LogP contribution in [0.5, 0.6) is 0 Å². The van der Waals surface area contributed by atoms with Gasteiger partial charge >= 0.3 is 0 Å². The minimum Gasteiger partial charge on any atom is -0.366 e. The van der Waals surface area contributed by atoms with Gasteiger partial charge in [0.25, 0.3) is 11.6 Å². The molecule has 1 fully saturated rings. The van der Waals surface area contributed by atoms with E-state index in [1.54, 1.807) is 24.3 Å². The Hall–Kier alpha value is -3.79. The molecule has 2 heterocycles. The van der Waals surface area contributed by atoms with Crippen LogP contribution < -0.4 is 15.5 Å². The van der Waals surface area contributed by atoms with E-state index in [-0.39, 0.29) is 17.2 Å². The van der Waals surface area contributed by atoms with E-state index in [1.165, 1.54) is 24.3 Å². The highest BCUT2D eigenvalue weighted by Crippen LogP contribution is 2.33. The quantitative estimate of drug-likeness (QED) is 0.372. The van der Waals surface area contributed by atoms with Crippen LogP contribution in [0.4, 0.5) is 22.2 Å². The molecule has 10 heteroatoms. The number of anilines is 3. The summed E-state index contributed by atoms with van der Waals surface area (Å²) in [4.78, 5) is 41.7. The molecule has 0 saturated carbocycles. The second kappa shape index (κ2) is 10.0. The number of nitro benzene ring substituents is 1. The van der Waals surface area contributed by atoms with Crippen molar-refractivity contribution >= 4 is 45.3 Å². The average molecular weight is 480 g/mol. The van der Waals surface area contributed by atoms with E-state index in [9.17, 15) is 19.7 Å². The summed E-state index contributed by atoms with van der Waals surface area (Å²) < 4.78 is 0. The van der Waals surface area contributed by atoms with E-state index in [1.807, 2.05) is 22.4 Å². The Morgan fingerprint density at radius 1 is 1.12 bits per heavy atom. The fraction of sp³-hybridized carbons (Fsp3) is 0.292. The molecule has 4 rings (SSSR count). The number of rotatable bonds is 6. The van der Waals surface area contributed by atoms with Gasteiger partial charge in [-0.3, -0.25) is 25.0 Å². The lowest BCUT2D eigenvalue weighted by molar-refractivity contribution is -0.384. The lowest BCUT2D eigenvalue weighted by Crippen LogP contribution is -2.33. The monoisotopic (exact) mass is 479 g/mol. The first-order chi connectivity index (χ1) is 16.3. The van der Waals surface area contributed by atoms with Gasteiger partial charge in [-0.05, 0) is 43.0 Å². The van der Waals surface area contributed by atoms with E-state index in [0.717, 1.165) is 31.5 Å². The van der Waals surface area contributed by atoms with Crippen LogP contribution in [-0.4, -0.2) is 34.8 Å². The molecule has 34 heavy (non-hydrogen) atoms. The largest absolute Gasteiger partial charge is 0.366 e. The SMILES string of the molecule is CC(=O)Nc1ccc(-c2csc(NC(=O)c3ccc(N4CCC(C)CC4)c([N+](=O)[O-])c3)n2)cc1. The van der Waals surface area contributed by atoms with Crippen LogP contribution >= 0.6 is 11.3 Å². The van der Waals surface area contributed by atoms with Gasteiger partial charge < -0.3 is 10.2 Å². The van der Waals surface area contributed by atoms with Crippen LogP contribution in [0.25, 0.3) is 11.3 Å². The van der Waals surface area contributed by atoms with Gasteiger partial charge in [-0.2, -0.15) is 0 Å². The van der Waals surface area contributed by atoms with Gasteiger partial charge in [0.15, 0.2) is 5.13 Å². The first-order valence-electron chi connectivity index (χ1n) is 11.0. The molecule has 3 aromatic rings. The molecule has 1 saturated heterocycles. The van der Waals surface area contributed by atoms with Crippen molar-refractivity contribution in [2.75, 3.05) is 28.6 Å². The van der Waals surface area contributed by atoms with Gasteiger partial charge in [0, 0.05) is 48.3 Å². The Balaban J connectivity index is 1.47. The van der Waals surface area contributed by atoms with Crippen LogP contribution in [0, 0.1) is 16.0 Å². The highest BCUT2D eigenvalue weighted by Gasteiger charge is 2.25. The normalized spacial score (nSPS) is 14.0. The number of amides is 2. The van der Waals surface area contributed by atoms with Crippen LogP contribution in [0.3, 0.4) is 0 Å². The maximum Gasteiger partial charge on any atom is 0.293 e. The smallest absolute Gasteiger partial charge is 0.293 e. The Bertz CT molecular complexity index is 1220. The summed E-state index contributed by atoms with van der Waals surface area (Å²) in [6.45, 7) is 5.16. The Labute approximate surface area is 201 Å². The van der Waals surface area contributed by atoms with Crippen LogP contribution in [0.1, 0.15) is 37.0 Å². The van der Waals surface area contributed by atoms with E-state index in [0.29, 0.717) is 28.1 Å². The number of hydrogen-bond donors (Lipinski definition) is 2. The summed E-state index contributed by atoms with van der Waals surface area (Å²) in [5.41, 5.74) is 2.88. The van der Waals surface area contributed by atoms with E-state index < -0.39 is 10.8 Å². The number of aromatic nitrogens is 1. The molecule has 1 aromatic heterocycles. The fourth-order valence-corrected chi connectivity index (χ4v) is 4.60. The molecule has 1 aliphatic heterocycles. The third-order valence-electron chi connectivity index (χ3n) is 5.78. The second-order valence-electron chi connectivity index (χ2n) is 8.38. The second-order valence-corrected chi connectivity index (χ2v) is 9.24. The van der Waals surface area contributed by atoms with Crippen LogP contribution in [0.15, 0.2) is 47.8 Å². The summed E-state index contributed by atoms with van der Waals surface area (Å²) in [6.07, 6.45) is 1.98. The van der Waals surface area contributed by atoms with Crippen molar-refractivity contribution in [3.63, 3.8) is 0 Å². The molecule has 0 spiro atoms. The number of nitrogens with one attached hydrogen (secondary N) is 2. The number of nitro groups is 1. The number of benzene rings is 2. The molecule has 176 valence electrons. The molecule has 1 aliphatic rings. The Kier molecular flexibility index (Phi) is 6.87. The van der Waals surface area contributed by atoms with E-state index in [4.69, 9.17) is 0 Å². The maximum absolute atomic E-state index is 12.8. The molecule has 2 aromatic carbocycles. The minimum absolute atomic E-state index is 0.0682. The van der Waals surface area contributed by atoms with Crippen molar-refractivity contribution in [2.24, 2.45) is 5.92 Å². The summed E-state index contributed by atoms with van der Waals surface area (Å²) in [5, 5.41) is 19.4. The first kappa shape index (κ1) is 23.4. The molecular formula is C24H25N5O4S. The van der Waals surface area contributed by atoms with Gasteiger partial charge in [-0.15, -0.1) is 11.3 Å². The van der Waals surface area contributed by atoms with Crippen molar-refractivity contribution < 1.29 is 14.5 Å². The molecule has 2 N–H and O–H groups in total. The predicted octanol–water partition coefficient (Wildman–Crippen LogP) is 5.17. The number of piperidine rings is 1. The highest BCUT2D eigenvalue weighted by molar-refractivity contribution is 7.14. The zero-order valence-corrected chi connectivity index (χ0v) is 19.7. The zero-order chi connectivity index (χ0) is 24.2. The topological polar surface area (TPSA) is 117 Å². The third kappa shape index (κ3) is 5.40. The molecule has 0 unspecified atom stereocenters. The van der Waals surface area contributed by atoms with E-state index in [2.05, 4.69) is 22.5 Å². The van der Waals surface area contributed by atoms with Crippen LogP contribution in [-0.2, 0) is 4.79 Å². The fourth-order valence-electron chi connectivity index (χ4n) is 3.89. The maximum atomic E-state index is 12.8. The number of nitrogens with zero attached hydrogens (tertiary/aromatic N) is 3. The summed E-state index contributed by atoms with van der Waals surface area (Å²) in [6, 6.07) is 11.8. The summed E-state index contributed by atoms with van der Waals surface area (Å²) in [7, 11) is 0. The van der Waals surface area contributed by atoms with E-state index >= 15 is 0 Å². The van der Waals surface area contributed by atoms with Gasteiger partial charge in [0.1, 0.15) is 5.69 Å². The number of thiazole rings is 1. The lowest BCUT2D eigenvalue weighted by Gasteiger charge is -2.31. The molecule has 9 nitrogen and oxygen atoms in total. The van der Waals surface area contributed by atoms with Crippen molar-refractivity contribution in [3.05, 3.63) is 63.5 Å². The van der Waals surface area contributed by atoms with Crippen LogP contribution in [0.2, 0.25) is 0 Å². The molecule has 0 aliphatic carbocycles. The van der Waals surface area contributed by atoms with Gasteiger partial charge in [0.2, 0.25) is 5.91 Å². The Morgan fingerprint density at radius 3 is 2.47 bits per heavy atom. The molecular weight excluding hydrogens is 454 g/mol. The Morgan fingerprint density at radius 2 is 1.82 bits per heavy atom. The van der Waals surface area contributed by atoms with Crippen molar-refractivity contribution in [1.29, 1.82) is 0 Å². The molecule has 0 radical (unpaired) electrons. The van der Waals surface area contributed by atoms with Crippen molar-refractivity contribution in [2.45, 2.75) is 26.7 Å². The number of hydrogen-bond acceptors (Lipinski definition) is 7. The third-order valence-corrected chi connectivity index (χ3v) is 6.54. The van der Waals surface area contributed by atoms with Crippen molar-refractivity contribution in [1.82, 2.24) is 4.98 Å². The van der Waals surface area contributed by atoms with Gasteiger partial charge in [-0.25, -0.2) is 4.98 Å².